The molecule has 2 aliphatic heterocycles. The molecule has 3 aromatic carbocycles. The van der Waals surface area contributed by atoms with Crippen LogP contribution in [0.1, 0.15) is 253 Å². The normalized spacial score (nSPS) is 13.9. The zero-order valence-electron chi connectivity index (χ0n) is 50.3. The number of carbonyl (C=O) groups excluding carboxylic acids is 4. The molecule has 2 aliphatic rings. The number of rotatable bonds is 46. The number of fused-ring (bicyclic) bond motifs is 6. The molecule has 17 nitrogen and oxygen atoms in total. The summed E-state index contributed by atoms with van der Waals surface area (Å²) in [6.07, 6.45) is 35.4. The molecule has 5 rings (SSSR count). The minimum absolute atomic E-state index is 0.0231. The fourth-order valence-corrected chi connectivity index (χ4v) is 11.8. The summed E-state index contributed by atoms with van der Waals surface area (Å²) >= 11 is 5.47. The van der Waals surface area contributed by atoms with Gasteiger partial charge in [-0.05, 0) is 61.5 Å². The lowest BCUT2D eigenvalue weighted by molar-refractivity contribution is -0.161. The summed E-state index contributed by atoms with van der Waals surface area (Å²) in [6, 6.07) is 14.1. The average molecular weight is 1210 g/mol. The van der Waals surface area contributed by atoms with Gasteiger partial charge in [0, 0.05) is 66.9 Å². The van der Waals surface area contributed by atoms with E-state index in [0.717, 1.165) is 38.5 Å². The molecule has 0 saturated heterocycles. The molecule has 0 aromatic heterocycles. The lowest BCUT2D eigenvalue weighted by Crippen LogP contribution is -2.34. The quantitative estimate of drug-likeness (QED) is 0.0101. The van der Waals surface area contributed by atoms with Gasteiger partial charge >= 0.3 is 25.7 Å². The van der Waals surface area contributed by atoms with Crippen molar-refractivity contribution in [1.29, 1.82) is 0 Å². The van der Waals surface area contributed by atoms with Crippen LogP contribution in [0.25, 0.3) is 0 Å². The van der Waals surface area contributed by atoms with E-state index in [9.17, 15) is 38.8 Å². The van der Waals surface area contributed by atoms with E-state index in [1.807, 2.05) is 0 Å². The third kappa shape index (κ3) is 25.4. The molecule has 1 amide bonds. The summed E-state index contributed by atoms with van der Waals surface area (Å²) in [6.45, 7) is 3.23. The van der Waals surface area contributed by atoms with Crippen molar-refractivity contribution in [2.24, 2.45) is 0 Å². The van der Waals surface area contributed by atoms with Crippen molar-refractivity contribution < 1.29 is 66.8 Å². The van der Waals surface area contributed by atoms with Gasteiger partial charge in [0.1, 0.15) is 29.6 Å². The van der Waals surface area contributed by atoms with Crippen molar-refractivity contribution in [2.75, 3.05) is 38.2 Å². The number of esters is 3. The number of benzene rings is 3. The summed E-state index contributed by atoms with van der Waals surface area (Å²) in [5, 5.41) is 29.2. The minimum Gasteiger partial charge on any atom is -0.508 e. The topological polar surface area (TPSA) is 238 Å². The Bertz CT molecular complexity index is 2480. The largest absolute Gasteiger partial charge is 0.508 e. The number of ether oxygens (including phenoxy) is 4. The van der Waals surface area contributed by atoms with E-state index < -0.39 is 49.9 Å². The van der Waals surface area contributed by atoms with Crippen LogP contribution in [-0.2, 0) is 47.8 Å². The Hall–Kier alpha value is -5.26. The number of phosphoric acid groups is 1. The standard InChI is InChI=1S/C65H98N3O14PS/c1-3-5-7-9-11-13-15-17-19-21-23-25-27-29-31-33-61(72)77-48-53(80-62(73)34-32-30-28-26-24-22-20-18-16-14-12-10-8-6-4-2)49-79-83(75,76)78-44-43-66-60(71)41-42-67-64(84)68-50-35-38-55-54(45-50)63(74)82-65(55)56-39-36-51(69)46-58(56)81-59-47-52(70)37-40-57(59)65/h35-40,45-47,53,69-70H,3-34,41-44,48-49H2,1-2H3,(H,66,71)(H,75,76)(H2,67,68,84)/t53-/m1/s1. The number of amides is 1. The fraction of sp³-hybridized carbons (Fsp3) is 0.646. The molecule has 2 heterocycles. The van der Waals surface area contributed by atoms with Gasteiger partial charge in [0.25, 0.3) is 0 Å². The van der Waals surface area contributed by atoms with Crippen molar-refractivity contribution in [3.63, 3.8) is 0 Å². The molecule has 0 fully saturated rings. The van der Waals surface area contributed by atoms with Gasteiger partial charge in [-0.3, -0.25) is 23.4 Å². The molecule has 0 radical (unpaired) electrons. The van der Waals surface area contributed by atoms with Crippen LogP contribution >= 0.6 is 20.0 Å². The predicted octanol–water partition coefficient (Wildman–Crippen LogP) is 15.6. The van der Waals surface area contributed by atoms with Crippen molar-refractivity contribution in [2.45, 2.75) is 237 Å². The van der Waals surface area contributed by atoms with Crippen molar-refractivity contribution in [3.05, 3.63) is 76.9 Å². The number of hydrogen-bond acceptors (Lipinski definition) is 14. The number of phenolic OH excluding ortho intramolecular Hbond substituents is 2. The summed E-state index contributed by atoms with van der Waals surface area (Å²) in [5.74, 6) is -1.55. The van der Waals surface area contributed by atoms with Crippen molar-refractivity contribution >= 4 is 54.7 Å². The molecule has 1 spiro atoms. The highest BCUT2D eigenvalue weighted by atomic mass is 32.1. The Morgan fingerprint density at radius 3 is 1.54 bits per heavy atom. The summed E-state index contributed by atoms with van der Waals surface area (Å²) in [4.78, 5) is 62.4. The van der Waals surface area contributed by atoms with E-state index in [2.05, 4.69) is 29.8 Å². The third-order valence-electron chi connectivity index (χ3n) is 15.5. The molecule has 468 valence electrons. The van der Waals surface area contributed by atoms with Crippen LogP contribution in [0, 0.1) is 0 Å². The Kier molecular flexibility index (Phi) is 32.6. The first-order chi connectivity index (χ1) is 40.7. The number of nitrogens with one attached hydrogen (secondary N) is 3. The SMILES string of the molecule is CCCCCCCCCCCCCCCCCC(=O)OC[C@H](COP(=O)(O)OCCNC(=O)CCNC(=S)Nc1ccc2c(c1)C(=O)OC21c2ccc(O)cc2Oc2cc(O)ccc21)OC(=O)CCCCCCCCCCCCCCCCC. The highest BCUT2D eigenvalue weighted by molar-refractivity contribution is 7.80. The summed E-state index contributed by atoms with van der Waals surface area (Å²) in [5.41, 5.74) is 0.812. The number of phenols is 2. The second-order valence-electron chi connectivity index (χ2n) is 22.6. The van der Waals surface area contributed by atoms with Crippen molar-refractivity contribution in [3.8, 4) is 23.0 Å². The molecule has 6 N–H and O–H groups in total. The number of anilines is 1. The maximum absolute atomic E-state index is 13.5. The van der Waals surface area contributed by atoms with Gasteiger partial charge < -0.3 is 50.0 Å². The van der Waals surface area contributed by atoms with Crippen LogP contribution < -0.4 is 20.7 Å². The average Bonchev–Trinajstić information content (AvgIpc) is 1.49. The monoisotopic (exact) mass is 1210 g/mol. The molecule has 1 unspecified atom stereocenters. The first-order valence-corrected chi connectivity index (χ1v) is 33.7. The van der Waals surface area contributed by atoms with Gasteiger partial charge in [-0.1, -0.05) is 200 Å². The smallest absolute Gasteiger partial charge is 0.472 e. The fourth-order valence-electron chi connectivity index (χ4n) is 10.8. The molecule has 3 aromatic rings. The number of phosphoric ester groups is 1. The van der Waals surface area contributed by atoms with E-state index in [4.69, 9.17) is 40.2 Å². The number of carbonyl (C=O) groups is 4. The minimum atomic E-state index is -4.69. The number of hydrogen-bond donors (Lipinski definition) is 6. The first kappa shape index (κ1) is 69.5. The van der Waals surface area contributed by atoms with Gasteiger partial charge in [-0.2, -0.15) is 0 Å². The van der Waals surface area contributed by atoms with Crippen LogP contribution in [0.15, 0.2) is 54.6 Å². The zero-order chi connectivity index (χ0) is 60.3. The summed E-state index contributed by atoms with van der Waals surface area (Å²) < 4.78 is 46.5. The molecule has 0 bridgehead atoms. The second kappa shape index (κ2) is 39.4. The summed E-state index contributed by atoms with van der Waals surface area (Å²) in [7, 11) is -4.69. The first-order valence-electron chi connectivity index (χ1n) is 31.8. The molecule has 84 heavy (non-hydrogen) atoms. The van der Waals surface area contributed by atoms with E-state index >= 15 is 0 Å². The van der Waals surface area contributed by atoms with Gasteiger partial charge in [0.2, 0.25) is 5.91 Å². The highest BCUT2D eigenvalue weighted by Gasteiger charge is 2.53. The van der Waals surface area contributed by atoms with Crippen LogP contribution in [0.3, 0.4) is 0 Å². The Morgan fingerprint density at radius 2 is 1.04 bits per heavy atom. The number of aromatic hydroxyl groups is 2. The molecule has 0 aliphatic carbocycles. The molecular weight excluding hydrogens is 1110 g/mol. The van der Waals surface area contributed by atoms with Crippen LogP contribution in [0.4, 0.5) is 5.69 Å². The second-order valence-corrected chi connectivity index (χ2v) is 24.4. The van der Waals surface area contributed by atoms with Crippen LogP contribution in [0.5, 0.6) is 23.0 Å². The maximum atomic E-state index is 13.5. The third-order valence-corrected chi connectivity index (χ3v) is 16.7. The van der Waals surface area contributed by atoms with Crippen molar-refractivity contribution in [1.82, 2.24) is 10.6 Å². The van der Waals surface area contributed by atoms with Crippen LogP contribution in [-0.4, -0.2) is 83.0 Å². The molecule has 19 heteroatoms. The Morgan fingerprint density at radius 1 is 0.571 bits per heavy atom. The van der Waals surface area contributed by atoms with E-state index in [-0.39, 0.29) is 79.2 Å². The number of thiocarbonyl (C=S) groups is 1. The molecular formula is C65H98N3O14PS. The zero-order valence-corrected chi connectivity index (χ0v) is 52.0. The van der Waals surface area contributed by atoms with E-state index in [0.29, 0.717) is 35.2 Å². The lowest BCUT2D eigenvalue weighted by atomic mass is 9.77. The van der Waals surface area contributed by atoms with Gasteiger partial charge in [0.15, 0.2) is 16.8 Å². The maximum Gasteiger partial charge on any atom is 0.472 e. The Balaban J connectivity index is 0.978. The Labute approximate surface area is 505 Å². The number of unbranched alkanes of at least 4 members (excludes halogenated alkanes) is 28. The molecule has 0 saturated carbocycles. The highest BCUT2D eigenvalue weighted by Crippen LogP contribution is 2.57. The lowest BCUT2D eigenvalue weighted by Gasteiger charge is -2.36. The molecule has 2 atom stereocenters. The van der Waals surface area contributed by atoms with Gasteiger partial charge in [-0.15, -0.1) is 0 Å². The van der Waals surface area contributed by atoms with Gasteiger partial charge in [0.05, 0.1) is 18.8 Å². The predicted molar refractivity (Wildman–Crippen MR) is 332 cm³/mol. The van der Waals surface area contributed by atoms with Crippen LogP contribution in [0.2, 0.25) is 0 Å². The van der Waals surface area contributed by atoms with E-state index in [1.54, 1.807) is 30.3 Å². The van der Waals surface area contributed by atoms with Gasteiger partial charge in [-0.25, -0.2) is 9.36 Å². The van der Waals surface area contributed by atoms with E-state index in [1.165, 1.54) is 166 Å².